The maximum Gasteiger partial charge on any atom is 0.261 e. The molecule has 158 valence electrons. The Labute approximate surface area is 179 Å². The number of hydrogen-bond acceptors (Lipinski definition) is 5. The van der Waals surface area contributed by atoms with Gasteiger partial charge in [0.15, 0.2) is 11.6 Å². The second kappa shape index (κ2) is 9.36. The first-order valence-electron chi connectivity index (χ1n) is 9.21. The van der Waals surface area contributed by atoms with Crippen LogP contribution in [0.25, 0.3) is 0 Å². The first-order valence-corrected chi connectivity index (χ1v) is 10.7. The minimum absolute atomic E-state index is 0.0395. The van der Waals surface area contributed by atoms with Crippen molar-refractivity contribution in [1.82, 2.24) is 0 Å². The number of benzene rings is 3. The molecule has 6 nitrogen and oxygen atoms in total. The van der Waals surface area contributed by atoms with Crippen LogP contribution in [0, 0.1) is 5.82 Å². The summed E-state index contributed by atoms with van der Waals surface area (Å²) in [6.45, 7) is 1.40. The molecule has 3 rings (SSSR count). The number of anilines is 2. The highest BCUT2D eigenvalue weighted by molar-refractivity contribution is 7.92. The molecule has 0 spiro atoms. The van der Waals surface area contributed by atoms with Crippen molar-refractivity contribution in [3.05, 3.63) is 102 Å². The van der Waals surface area contributed by atoms with Gasteiger partial charge >= 0.3 is 0 Å². The largest absolute Gasteiger partial charge is 0.362 e. The van der Waals surface area contributed by atoms with E-state index < -0.39 is 15.8 Å². The van der Waals surface area contributed by atoms with Crippen molar-refractivity contribution in [3.8, 4) is 0 Å². The van der Waals surface area contributed by atoms with Gasteiger partial charge in [-0.25, -0.2) is 12.8 Å². The first-order chi connectivity index (χ1) is 14.7. The van der Waals surface area contributed by atoms with Gasteiger partial charge in [-0.1, -0.05) is 12.1 Å². The van der Waals surface area contributed by atoms with E-state index in [0.29, 0.717) is 16.8 Å². The molecule has 2 N–H and O–H groups in total. The molecule has 0 aliphatic carbocycles. The number of carbonyl (C=O) groups excluding carboxylic acids is 2. The summed E-state index contributed by atoms with van der Waals surface area (Å²) in [4.78, 5) is 23.5. The highest BCUT2D eigenvalue weighted by Gasteiger charge is 2.14. The lowest BCUT2D eigenvalue weighted by molar-refractivity contribution is 0.101. The van der Waals surface area contributed by atoms with Crippen LogP contribution in [0.2, 0.25) is 0 Å². The number of sulfonamides is 1. The monoisotopic (exact) mass is 438 g/mol. The number of ketones is 2. The van der Waals surface area contributed by atoms with Crippen molar-refractivity contribution in [2.75, 3.05) is 10.0 Å². The molecule has 0 aliphatic heterocycles. The summed E-state index contributed by atoms with van der Waals surface area (Å²) in [5, 5.41) is 2.88. The van der Waals surface area contributed by atoms with E-state index in [4.69, 9.17) is 0 Å². The predicted molar refractivity (Wildman–Crippen MR) is 117 cm³/mol. The van der Waals surface area contributed by atoms with E-state index in [1.54, 1.807) is 30.3 Å². The highest BCUT2D eigenvalue weighted by atomic mass is 32.2. The van der Waals surface area contributed by atoms with E-state index in [2.05, 4.69) is 10.0 Å². The number of hydrogen-bond donors (Lipinski definition) is 2. The van der Waals surface area contributed by atoms with Gasteiger partial charge in [-0.15, -0.1) is 0 Å². The van der Waals surface area contributed by atoms with Crippen LogP contribution in [-0.4, -0.2) is 20.0 Å². The molecule has 0 aromatic heterocycles. The standard InChI is InChI=1S/C23H19FN2O4S/c1-16(27)18-3-2-4-21(15-18)26-31(29,30)22-11-9-20(10-12-22)25-14-13-23(28)17-5-7-19(24)8-6-17/h2-15,25-26H,1H3. The fourth-order valence-corrected chi connectivity index (χ4v) is 3.72. The predicted octanol–water partition coefficient (Wildman–Crippen LogP) is 4.64. The van der Waals surface area contributed by atoms with Gasteiger partial charge in [-0.2, -0.15) is 0 Å². The lowest BCUT2D eigenvalue weighted by atomic mass is 10.1. The Bertz CT molecular complexity index is 1240. The lowest BCUT2D eigenvalue weighted by Gasteiger charge is -2.09. The highest BCUT2D eigenvalue weighted by Crippen LogP contribution is 2.19. The van der Waals surface area contributed by atoms with E-state index in [1.165, 1.54) is 61.7 Å². The van der Waals surface area contributed by atoms with Gasteiger partial charge in [0, 0.05) is 34.8 Å². The fourth-order valence-electron chi connectivity index (χ4n) is 2.67. The summed E-state index contributed by atoms with van der Waals surface area (Å²) in [5.74, 6) is -0.888. The smallest absolute Gasteiger partial charge is 0.261 e. The van der Waals surface area contributed by atoms with Crippen molar-refractivity contribution >= 4 is 33.0 Å². The van der Waals surface area contributed by atoms with Gasteiger partial charge in [0.2, 0.25) is 0 Å². The first kappa shape index (κ1) is 21.9. The second-order valence-electron chi connectivity index (χ2n) is 6.62. The van der Waals surface area contributed by atoms with E-state index in [0.717, 1.165) is 0 Å². The Kier molecular flexibility index (Phi) is 6.61. The Morgan fingerprint density at radius 1 is 0.871 bits per heavy atom. The summed E-state index contributed by atoms with van der Waals surface area (Å²) in [5.41, 5.74) is 1.61. The Balaban J connectivity index is 1.65. The Morgan fingerprint density at radius 3 is 2.19 bits per heavy atom. The van der Waals surface area contributed by atoms with Crippen LogP contribution in [0.1, 0.15) is 27.6 Å². The van der Waals surface area contributed by atoms with E-state index in [9.17, 15) is 22.4 Å². The second-order valence-corrected chi connectivity index (χ2v) is 8.30. The summed E-state index contributed by atoms with van der Waals surface area (Å²) in [7, 11) is -3.84. The number of Topliss-reactive ketones (excluding diaryl/α,β-unsaturated/α-hetero) is 1. The average molecular weight is 438 g/mol. The molecule has 8 heteroatoms. The van der Waals surface area contributed by atoms with Crippen molar-refractivity contribution in [2.45, 2.75) is 11.8 Å². The summed E-state index contributed by atoms with van der Waals surface area (Å²) < 4.78 is 40.5. The van der Waals surface area contributed by atoms with Crippen LogP contribution in [0.15, 0.2) is 90.0 Å². The van der Waals surface area contributed by atoms with Crippen LogP contribution < -0.4 is 10.0 Å². The quantitative estimate of drug-likeness (QED) is 0.395. The molecule has 0 unspecified atom stereocenters. The molecule has 0 amide bonds. The zero-order chi connectivity index (χ0) is 22.4. The van der Waals surface area contributed by atoms with Gasteiger partial charge in [0.1, 0.15) is 5.82 Å². The molecular formula is C23H19FN2O4S. The third-order valence-electron chi connectivity index (χ3n) is 4.30. The molecule has 0 heterocycles. The fraction of sp³-hybridized carbons (Fsp3) is 0.0435. The average Bonchev–Trinajstić information content (AvgIpc) is 2.74. The number of halogens is 1. The van der Waals surface area contributed by atoms with Crippen LogP contribution >= 0.6 is 0 Å². The topological polar surface area (TPSA) is 92.3 Å². The summed E-state index contributed by atoms with van der Waals surface area (Å²) in [6.07, 6.45) is 2.71. The molecule has 0 radical (unpaired) electrons. The Hall–Kier alpha value is -3.78. The van der Waals surface area contributed by atoms with E-state index in [1.807, 2.05) is 0 Å². The maximum absolute atomic E-state index is 12.9. The van der Waals surface area contributed by atoms with Crippen LogP contribution in [0.4, 0.5) is 15.8 Å². The molecule has 0 saturated heterocycles. The zero-order valence-electron chi connectivity index (χ0n) is 16.5. The van der Waals surface area contributed by atoms with E-state index >= 15 is 0 Å². The third-order valence-corrected chi connectivity index (χ3v) is 5.70. The Morgan fingerprint density at radius 2 is 1.55 bits per heavy atom. The number of carbonyl (C=O) groups is 2. The van der Waals surface area contributed by atoms with Crippen LogP contribution in [-0.2, 0) is 10.0 Å². The number of nitrogens with one attached hydrogen (secondary N) is 2. The molecule has 0 fully saturated rings. The van der Waals surface area contributed by atoms with Crippen molar-refractivity contribution in [3.63, 3.8) is 0 Å². The summed E-state index contributed by atoms with van der Waals surface area (Å²) >= 11 is 0. The van der Waals surface area contributed by atoms with Crippen LogP contribution in [0.3, 0.4) is 0 Å². The van der Waals surface area contributed by atoms with E-state index in [-0.39, 0.29) is 22.1 Å². The SMILES string of the molecule is CC(=O)c1cccc(NS(=O)(=O)c2ccc(NC=CC(=O)c3ccc(F)cc3)cc2)c1. The van der Waals surface area contributed by atoms with Gasteiger partial charge in [0.25, 0.3) is 10.0 Å². The summed E-state index contributed by atoms with van der Waals surface area (Å²) in [6, 6.07) is 17.3. The third kappa shape index (κ3) is 5.86. The van der Waals surface area contributed by atoms with Gasteiger partial charge in [0.05, 0.1) is 4.90 Å². The van der Waals surface area contributed by atoms with Crippen molar-refractivity contribution in [2.24, 2.45) is 0 Å². The molecule has 31 heavy (non-hydrogen) atoms. The molecule has 0 atom stereocenters. The van der Waals surface area contributed by atoms with Crippen molar-refractivity contribution in [1.29, 1.82) is 0 Å². The molecule has 0 bridgehead atoms. The molecule has 0 aliphatic rings. The minimum Gasteiger partial charge on any atom is -0.362 e. The molecule has 3 aromatic carbocycles. The number of rotatable bonds is 8. The van der Waals surface area contributed by atoms with Crippen LogP contribution in [0.5, 0.6) is 0 Å². The zero-order valence-corrected chi connectivity index (χ0v) is 17.3. The maximum atomic E-state index is 12.9. The molecule has 0 saturated carbocycles. The van der Waals surface area contributed by atoms with Gasteiger partial charge in [-0.05, 0) is 67.6 Å². The van der Waals surface area contributed by atoms with Gasteiger partial charge in [-0.3, -0.25) is 14.3 Å². The lowest BCUT2D eigenvalue weighted by Crippen LogP contribution is -2.13. The normalized spacial score (nSPS) is 11.3. The van der Waals surface area contributed by atoms with Crippen molar-refractivity contribution < 1.29 is 22.4 Å². The molecule has 3 aromatic rings. The molecular weight excluding hydrogens is 419 g/mol. The van der Waals surface area contributed by atoms with Gasteiger partial charge < -0.3 is 5.32 Å². The number of allylic oxidation sites excluding steroid dienone is 1. The minimum atomic E-state index is -3.84.